The van der Waals surface area contributed by atoms with E-state index in [0.717, 1.165) is 26.2 Å². The number of nitrogens with zero attached hydrogens (tertiary/aromatic N) is 2. The van der Waals surface area contributed by atoms with Crippen LogP contribution in [0.5, 0.6) is 0 Å². The van der Waals surface area contributed by atoms with Gasteiger partial charge in [-0.25, -0.2) is 4.21 Å². The van der Waals surface area contributed by atoms with Gasteiger partial charge in [0.15, 0.2) is 11.1 Å². The molecule has 0 saturated carbocycles. The second-order valence-electron chi connectivity index (χ2n) is 3.70. The topological polar surface area (TPSA) is 43.8 Å². The van der Waals surface area contributed by atoms with Gasteiger partial charge in [0, 0.05) is 32.2 Å². The van der Waals surface area contributed by atoms with Crippen molar-refractivity contribution in [2.45, 2.75) is 19.9 Å². The smallest absolute Gasteiger partial charge is 0.167 e. The lowest BCUT2D eigenvalue weighted by Crippen LogP contribution is -2.49. The molecule has 1 aliphatic heterocycles. The Labute approximate surface area is 82.2 Å². The van der Waals surface area contributed by atoms with Gasteiger partial charge >= 0.3 is 0 Å². The first kappa shape index (κ1) is 11.1. The summed E-state index contributed by atoms with van der Waals surface area (Å²) < 4.78 is 19.2. The fourth-order valence-corrected chi connectivity index (χ4v) is 2.14. The van der Waals surface area contributed by atoms with E-state index in [2.05, 4.69) is 18.7 Å². The van der Waals surface area contributed by atoms with Crippen LogP contribution in [0.1, 0.15) is 13.8 Å². The zero-order valence-corrected chi connectivity index (χ0v) is 9.09. The van der Waals surface area contributed by atoms with Crippen molar-refractivity contribution in [3.63, 3.8) is 0 Å². The van der Waals surface area contributed by atoms with Crippen molar-refractivity contribution < 1.29 is 8.76 Å². The lowest BCUT2D eigenvalue weighted by atomic mass is 10.2. The molecule has 0 aromatic rings. The van der Waals surface area contributed by atoms with E-state index in [1.807, 2.05) is 4.90 Å². The van der Waals surface area contributed by atoms with Crippen LogP contribution < -0.4 is 0 Å². The molecule has 1 aliphatic rings. The zero-order chi connectivity index (χ0) is 9.84. The maximum Gasteiger partial charge on any atom is 0.167 e. The summed E-state index contributed by atoms with van der Waals surface area (Å²) in [5.41, 5.74) is 0. The summed E-state index contributed by atoms with van der Waals surface area (Å²) in [6.45, 7) is 8.19. The average molecular weight is 206 g/mol. The summed E-state index contributed by atoms with van der Waals surface area (Å²) in [7, 11) is 0. The largest absolute Gasteiger partial charge is 0.305 e. The van der Waals surface area contributed by atoms with Gasteiger partial charge < -0.3 is 4.55 Å². The third-order valence-corrected chi connectivity index (χ3v) is 3.02. The Balaban J connectivity index is 2.26. The molecule has 1 heterocycles. The quantitative estimate of drug-likeness (QED) is 0.670. The highest BCUT2D eigenvalue weighted by Gasteiger charge is 2.19. The van der Waals surface area contributed by atoms with Crippen LogP contribution in [0.2, 0.25) is 0 Å². The molecule has 1 rings (SSSR count). The van der Waals surface area contributed by atoms with E-state index in [-0.39, 0.29) is 0 Å². The highest BCUT2D eigenvalue weighted by atomic mass is 32.2. The number of rotatable bonds is 3. The molecule has 1 fully saturated rings. The lowest BCUT2D eigenvalue weighted by molar-refractivity contribution is 0.120. The van der Waals surface area contributed by atoms with Crippen LogP contribution in [0.15, 0.2) is 0 Å². The van der Waals surface area contributed by atoms with E-state index in [0.29, 0.717) is 11.9 Å². The molecule has 0 aromatic heterocycles. The molecular weight excluding hydrogens is 188 g/mol. The molecule has 1 saturated heterocycles. The van der Waals surface area contributed by atoms with Crippen LogP contribution in [0, 0.1) is 0 Å². The Morgan fingerprint density at radius 2 is 1.85 bits per heavy atom. The van der Waals surface area contributed by atoms with Gasteiger partial charge in [0.2, 0.25) is 0 Å². The lowest BCUT2D eigenvalue weighted by Gasteiger charge is -2.36. The van der Waals surface area contributed by atoms with Crippen LogP contribution in [0.3, 0.4) is 0 Å². The monoisotopic (exact) mass is 206 g/mol. The van der Waals surface area contributed by atoms with E-state index in [1.165, 1.54) is 0 Å². The van der Waals surface area contributed by atoms with E-state index < -0.39 is 11.1 Å². The van der Waals surface area contributed by atoms with Crippen LogP contribution >= 0.6 is 0 Å². The SMILES string of the molecule is CC(C)N1CCN(CS(=O)O)CC1. The fourth-order valence-electron chi connectivity index (χ4n) is 1.57. The first-order valence-corrected chi connectivity index (χ1v) is 5.91. The molecule has 13 heavy (non-hydrogen) atoms. The third-order valence-electron chi connectivity index (χ3n) is 2.43. The van der Waals surface area contributed by atoms with Gasteiger partial charge in [-0.15, -0.1) is 0 Å². The van der Waals surface area contributed by atoms with E-state index in [1.54, 1.807) is 0 Å². The second kappa shape index (κ2) is 5.05. The highest BCUT2D eigenvalue weighted by Crippen LogP contribution is 2.05. The number of piperazine rings is 1. The molecule has 0 amide bonds. The van der Waals surface area contributed by atoms with Gasteiger partial charge in [0.05, 0.1) is 0 Å². The minimum Gasteiger partial charge on any atom is -0.305 e. The Kier molecular flexibility index (Phi) is 4.31. The summed E-state index contributed by atoms with van der Waals surface area (Å²) in [6, 6.07) is 0.585. The van der Waals surface area contributed by atoms with Gasteiger partial charge in [-0.05, 0) is 13.8 Å². The summed E-state index contributed by atoms with van der Waals surface area (Å²) in [4.78, 5) is 4.42. The normalized spacial score (nSPS) is 23.7. The molecule has 1 unspecified atom stereocenters. The molecular formula is C8H18N2O2S. The molecule has 0 aliphatic carbocycles. The zero-order valence-electron chi connectivity index (χ0n) is 8.27. The van der Waals surface area contributed by atoms with Gasteiger partial charge in [-0.3, -0.25) is 9.80 Å². The molecule has 1 N–H and O–H groups in total. The average Bonchev–Trinajstić information content (AvgIpc) is 2.04. The van der Waals surface area contributed by atoms with Crippen LogP contribution in [0.25, 0.3) is 0 Å². The maximum atomic E-state index is 10.5. The minimum atomic E-state index is -1.68. The van der Waals surface area contributed by atoms with Crippen molar-refractivity contribution in [3.8, 4) is 0 Å². The number of hydrogen-bond donors (Lipinski definition) is 1. The highest BCUT2D eigenvalue weighted by molar-refractivity contribution is 7.79. The molecule has 0 bridgehead atoms. The van der Waals surface area contributed by atoms with Crippen LogP contribution in [-0.4, -0.2) is 56.7 Å². The van der Waals surface area contributed by atoms with Crippen LogP contribution in [-0.2, 0) is 11.1 Å². The van der Waals surface area contributed by atoms with Crippen molar-refractivity contribution in [3.05, 3.63) is 0 Å². The van der Waals surface area contributed by atoms with Gasteiger partial charge in [-0.1, -0.05) is 0 Å². The third kappa shape index (κ3) is 3.72. The molecule has 1 atom stereocenters. The van der Waals surface area contributed by atoms with Crippen molar-refractivity contribution >= 4 is 11.1 Å². The Morgan fingerprint density at radius 1 is 1.31 bits per heavy atom. The molecule has 5 heteroatoms. The van der Waals surface area contributed by atoms with E-state index >= 15 is 0 Å². The van der Waals surface area contributed by atoms with E-state index in [9.17, 15) is 4.21 Å². The minimum absolute atomic E-state index is 0.298. The molecule has 0 aromatic carbocycles. The van der Waals surface area contributed by atoms with Crippen molar-refractivity contribution in [1.29, 1.82) is 0 Å². The first-order chi connectivity index (χ1) is 6.09. The fraction of sp³-hybridized carbons (Fsp3) is 1.00. The van der Waals surface area contributed by atoms with Crippen molar-refractivity contribution in [1.82, 2.24) is 9.80 Å². The van der Waals surface area contributed by atoms with Gasteiger partial charge in [-0.2, -0.15) is 0 Å². The second-order valence-corrected chi connectivity index (χ2v) is 4.60. The Hall–Kier alpha value is 0.0300. The summed E-state index contributed by atoms with van der Waals surface area (Å²) >= 11 is -1.68. The summed E-state index contributed by atoms with van der Waals surface area (Å²) in [5.74, 6) is 0.298. The van der Waals surface area contributed by atoms with Crippen LogP contribution in [0.4, 0.5) is 0 Å². The van der Waals surface area contributed by atoms with Gasteiger partial charge in [0.25, 0.3) is 0 Å². The Bertz CT molecular complexity index is 179. The predicted molar refractivity (Wildman–Crippen MR) is 53.9 cm³/mol. The predicted octanol–water partition coefficient (Wildman–Crippen LogP) is 0.192. The molecule has 78 valence electrons. The Morgan fingerprint density at radius 3 is 2.23 bits per heavy atom. The van der Waals surface area contributed by atoms with Gasteiger partial charge in [0.1, 0.15) is 5.88 Å². The summed E-state index contributed by atoms with van der Waals surface area (Å²) in [5, 5.41) is 0. The standard InChI is InChI=1S/C8H18N2O2S/c1-8(2)10-5-3-9(4-6-10)7-13(11)12/h8H,3-7H2,1-2H3,(H,11,12). The van der Waals surface area contributed by atoms with E-state index in [4.69, 9.17) is 4.55 Å². The molecule has 0 spiro atoms. The van der Waals surface area contributed by atoms with Crippen molar-refractivity contribution in [2.75, 3.05) is 32.1 Å². The summed E-state index contributed by atoms with van der Waals surface area (Å²) in [6.07, 6.45) is 0. The van der Waals surface area contributed by atoms with Crippen molar-refractivity contribution in [2.24, 2.45) is 0 Å². The first-order valence-electron chi connectivity index (χ1n) is 4.63. The molecule has 4 nitrogen and oxygen atoms in total. The molecule has 0 radical (unpaired) electrons. The number of hydrogen-bond acceptors (Lipinski definition) is 3. The maximum absolute atomic E-state index is 10.5.